The summed E-state index contributed by atoms with van der Waals surface area (Å²) >= 11 is 1.45. The molecule has 0 unspecified atom stereocenters. The number of nitriles is 1. The first kappa shape index (κ1) is 17.3. The second-order valence-electron chi connectivity index (χ2n) is 4.65. The van der Waals surface area contributed by atoms with E-state index in [1.54, 1.807) is 14.2 Å². The van der Waals surface area contributed by atoms with E-state index in [1.165, 1.54) is 11.8 Å². The normalized spacial score (nSPS) is 10.3. The molecule has 0 saturated carbocycles. The van der Waals surface area contributed by atoms with Gasteiger partial charge in [0.15, 0.2) is 0 Å². The van der Waals surface area contributed by atoms with E-state index in [0.29, 0.717) is 17.2 Å². The van der Waals surface area contributed by atoms with E-state index in [4.69, 9.17) is 14.2 Å². The number of aromatic nitrogens is 1. The Bertz CT molecular complexity index is 713. The molecule has 0 amide bonds. The highest BCUT2D eigenvalue weighted by Gasteiger charge is 2.14. The van der Waals surface area contributed by atoms with Gasteiger partial charge in [0.25, 0.3) is 0 Å². The molecule has 120 valence electrons. The van der Waals surface area contributed by atoms with Gasteiger partial charge in [-0.1, -0.05) is 12.1 Å². The maximum absolute atomic E-state index is 9.30. The lowest BCUT2D eigenvalue weighted by atomic mass is 10.0. The maximum Gasteiger partial charge on any atom is 0.146 e. The highest BCUT2D eigenvalue weighted by molar-refractivity contribution is 7.98. The van der Waals surface area contributed by atoms with Crippen molar-refractivity contribution in [3.8, 4) is 23.1 Å². The molecule has 1 heterocycles. The first-order chi connectivity index (χ1) is 11.2. The Kier molecular flexibility index (Phi) is 6.41. The van der Waals surface area contributed by atoms with Gasteiger partial charge in [0, 0.05) is 18.2 Å². The molecule has 0 atom stereocenters. The number of benzene rings is 1. The average molecular weight is 330 g/mol. The van der Waals surface area contributed by atoms with Gasteiger partial charge in [0.05, 0.1) is 25.0 Å². The maximum atomic E-state index is 9.30. The third-order valence-electron chi connectivity index (χ3n) is 3.18. The van der Waals surface area contributed by atoms with Gasteiger partial charge in [-0.3, -0.25) is 0 Å². The molecule has 0 aliphatic rings. The first-order valence-electron chi connectivity index (χ1n) is 6.92. The van der Waals surface area contributed by atoms with E-state index in [0.717, 1.165) is 22.6 Å². The third-order valence-corrected chi connectivity index (χ3v) is 3.88. The van der Waals surface area contributed by atoms with Crippen molar-refractivity contribution in [3.63, 3.8) is 0 Å². The van der Waals surface area contributed by atoms with Gasteiger partial charge in [-0.05, 0) is 24.5 Å². The Labute approximate surface area is 140 Å². The Balaban J connectivity index is 2.51. The number of pyridine rings is 1. The molecule has 0 saturated heterocycles. The van der Waals surface area contributed by atoms with Crippen molar-refractivity contribution in [3.05, 3.63) is 41.5 Å². The minimum atomic E-state index is 0.184. The molecular formula is C17H18N2O3S. The summed E-state index contributed by atoms with van der Waals surface area (Å²) in [5, 5.41) is 10.00. The summed E-state index contributed by atoms with van der Waals surface area (Å²) in [6.45, 7) is 0.500. The number of hydrogen-bond acceptors (Lipinski definition) is 6. The Hall–Kier alpha value is -2.07. The van der Waals surface area contributed by atoms with E-state index in [-0.39, 0.29) is 6.79 Å². The summed E-state index contributed by atoms with van der Waals surface area (Å²) in [5.74, 6) is 0.753. The van der Waals surface area contributed by atoms with E-state index in [9.17, 15) is 5.26 Å². The lowest BCUT2D eigenvalue weighted by Crippen LogP contribution is -2.03. The van der Waals surface area contributed by atoms with Crippen LogP contribution in [0.5, 0.6) is 5.75 Å². The molecule has 0 aliphatic carbocycles. The van der Waals surface area contributed by atoms with Crippen LogP contribution >= 0.6 is 11.8 Å². The molecule has 1 aromatic carbocycles. The number of methoxy groups -OCH3 is 2. The predicted molar refractivity (Wildman–Crippen MR) is 89.4 cm³/mol. The quantitative estimate of drug-likeness (QED) is 0.440. The van der Waals surface area contributed by atoms with E-state index >= 15 is 0 Å². The van der Waals surface area contributed by atoms with Gasteiger partial charge < -0.3 is 14.2 Å². The number of thioether (sulfide) groups is 1. The van der Waals surface area contributed by atoms with Crippen molar-refractivity contribution in [1.82, 2.24) is 4.98 Å². The molecule has 0 spiro atoms. The topological polar surface area (TPSA) is 64.4 Å². The lowest BCUT2D eigenvalue weighted by molar-refractivity contribution is -0.0390. The summed E-state index contributed by atoms with van der Waals surface area (Å²) in [6, 6.07) is 11.7. The average Bonchev–Trinajstić information content (AvgIpc) is 2.61. The van der Waals surface area contributed by atoms with Crippen LogP contribution in [-0.2, 0) is 16.1 Å². The van der Waals surface area contributed by atoms with Crippen LogP contribution in [0.2, 0.25) is 0 Å². The minimum Gasteiger partial charge on any atom is -0.497 e. The summed E-state index contributed by atoms with van der Waals surface area (Å²) in [6.07, 6.45) is 1.90. The Morgan fingerprint density at radius 3 is 2.74 bits per heavy atom. The van der Waals surface area contributed by atoms with E-state index in [1.807, 2.05) is 36.6 Å². The molecule has 0 radical (unpaired) electrons. The highest BCUT2D eigenvalue weighted by Crippen LogP contribution is 2.30. The van der Waals surface area contributed by atoms with Crippen LogP contribution in [0.25, 0.3) is 11.3 Å². The van der Waals surface area contributed by atoms with Crippen molar-refractivity contribution in [2.75, 3.05) is 27.3 Å². The Morgan fingerprint density at radius 1 is 1.26 bits per heavy atom. The summed E-state index contributed by atoms with van der Waals surface area (Å²) < 4.78 is 15.6. The fraction of sp³-hybridized carbons (Fsp3) is 0.294. The molecule has 0 fully saturated rings. The second kappa shape index (κ2) is 8.53. The van der Waals surface area contributed by atoms with Crippen LogP contribution in [0, 0.1) is 11.3 Å². The third kappa shape index (κ3) is 4.23. The van der Waals surface area contributed by atoms with Gasteiger partial charge in [-0.2, -0.15) is 5.26 Å². The second-order valence-corrected chi connectivity index (χ2v) is 5.45. The zero-order valence-electron chi connectivity index (χ0n) is 13.3. The number of nitrogens with zero attached hydrogens (tertiary/aromatic N) is 2. The summed E-state index contributed by atoms with van der Waals surface area (Å²) in [5.41, 5.74) is 3.08. The smallest absolute Gasteiger partial charge is 0.146 e. The molecule has 6 heteroatoms. The van der Waals surface area contributed by atoms with Crippen LogP contribution in [0.4, 0.5) is 0 Å². The Morgan fingerprint density at radius 2 is 2.09 bits per heavy atom. The molecular weight excluding hydrogens is 312 g/mol. The molecule has 23 heavy (non-hydrogen) atoms. The number of rotatable bonds is 7. The first-order valence-corrected chi connectivity index (χ1v) is 8.15. The minimum absolute atomic E-state index is 0.184. The van der Waals surface area contributed by atoms with Gasteiger partial charge in [0.2, 0.25) is 0 Å². The van der Waals surface area contributed by atoms with Crippen LogP contribution < -0.4 is 4.74 Å². The van der Waals surface area contributed by atoms with Gasteiger partial charge in [-0.15, -0.1) is 11.8 Å². The molecule has 1 aromatic heterocycles. The molecule has 2 rings (SSSR count). The van der Waals surface area contributed by atoms with E-state index in [2.05, 4.69) is 11.1 Å². The summed E-state index contributed by atoms with van der Waals surface area (Å²) in [7, 11) is 3.19. The van der Waals surface area contributed by atoms with Crippen molar-refractivity contribution in [2.45, 2.75) is 11.6 Å². The van der Waals surface area contributed by atoms with Gasteiger partial charge in [0.1, 0.15) is 23.6 Å². The number of hydrogen-bond donors (Lipinski definition) is 0. The van der Waals surface area contributed by atoms with Crippen LogP contribution in [0.15, 0.2) is 35.4 Å². The number of ether oxygens (including phenoxy) is 3. The molecule has 2 aromatic rings. The molecule has 0 bridgehead atoms. The fourth-order valence-corrected chi connectivity index (χ4v) is 2.65. The molecule has 5 nitrogen and oxygen atoms in total. The van der Waals surface area contributed by atoms with Gasteiger partial charge >= 0.3 is 0 Å². The van der Waals surface area contributed by atoms with Crippen LogP contribution in [0.1, 0.15) is 11.1 Å². The van der Waals surface area contributed by atoms with Crippen molar-refractivity contribution in [1.29, 1.82) is 5.26 Å². The van der Waals surface area contributed by atoms with Crippen molar-refractivity contribution in [2.24, 2.45) is 0 Å². The highest BCUT2D eigenvalue weighted by atomic mass is 32.2. The van der Waals surface area contributed by atoms with Gasteiger partial charge in [-0.25, -0.2) is 4.98 Å². The van der Waals surface area contributed by atoms with Crippen LogP contribution in [0.3, 0.4) is 0 Å². The van der Waals surface area contributed by atoms with Crippen molar-refractivity contribution >= 4 is 11.8 Å². The molecule has 0 aliphatic heterocycles. The fourth-order valence-electron chi connectivity index (χ4n) is 2.14. The molecule has 0 N–H and O–H groups in total. The lowest BCUT2D eigenvalue weighted by Gasteiger charge is -2.13. The van der Waals surface area contributed by atoms with Crippen molar-refractivity contribution < 1.29 is 14.2 Å². The SMILES string of the molecule is COCOCc1cc(C#N)c(SC)nc1-c1cccc(OC)c1. The van der Waals surface area contributed by atoms with E-state index < -0.39 is 0 Å². The summed E-state index contributed by atoms with van der Waals surface area (Å²) in [4.78, 5) is 4.65. The van der Waals surface area contributed by atoms with Crippen LogP contribution in [-0.4, -0.2) is 32.3 Å². The zero-order chi connectivity index (χ0) is 16.7. The predicted octanol–water partition coefficient (Wildman–Crippen LogP) is 3.47. The largest absolute Gasteiger partial charge is 0.497 e. The standard InChI is InChI=1S/C17H18N2O3S/c1-20-11-22-10-14-7-13(9-18)17(23-3)19-16(14)12-5-4-6-15(8-12)21-2/h4-8H,10-11H2,1-3H3. The monoisotopic (exact) mass is 330 g/mol. The zero-order valence-corrected chi connectivity index (χ0v) is 14.1.